The Labute approximate surface area is 161 Å². The molecule has 5 aliphatic rings. The molecule has 148 valence electrons. The third-order valence-corrected chi connectivity index (χ3v) is 9.06. The smallest absolute Gasteiger partial charge is 0.334 e. The topological polar surface area (TPSA) is 66.8 Å². The van der Waals surface area contributed by atoms with Crippen molar-refractivity contribution in [2.75, 3.05) is 6.61 Å². The van der Waals surface area contributed by atoms with Crippen molar-refractivity contribution in [1.82, 2.24) is 0 Å². The Morgan fingerprint density at radius 1 is 1.19 bits per heavy atom. The van der Waals surface area contributed by atoms with Crippen molar-refractivity contribution in [2.45, 2.75) is 77.4 Å². The maximum absolute atomic E-state index is 12.6. The fourth-order valence-corrected chi connectivity index (χ4v) is 7.77. The highest BCUT2D eigenvalue weighted by Gasteiger charge is 2.63. The van der Waals surface area contributed by atoms with E-state index < -0.39 is 0 Å². The molecule has 0 spiro atoms. The summed E-state index contributed by atoms with van der Waals surface area (Å²) in [6.45, 7) is 4.79. The molecule has 4 aliphatic carbocycles. The monoisotopic (exact) mass is 372 g/mol. The van der Waals surface area contributed by atoms with Gasteiger partial charge in [0.2, 0.25) is 0 Å². The third kappa shape index (κ3) is 2.32. The molecule has 2 N–H and O–H groups in total. The van der Waals surface area contributed by atoms with E-state index in [0.29, 0.717) is 24.2 Å². The lowest BCUT2D eigenvalue weighted by Crippen LogP contribution is -2.51. The predicted octanol–water partition coefficient (Wildman–Crippen LogP) is 3.52. The van der Waals surface area contributed by atoms with Crippen LogP contribution >= 0.6 is 0 Å². The van der Waals surface area contributed by atoms with E-state index in [0.717, 1.165) is 44.1 Å². The van der Waals surface area contributed by atoms with Crippen LogP contribution in [0.2, 0.25) is 0 Å². The highest BCUT2D eigenvalue weighted by molar-refractivity contribution is 5.91. The second-order valence-electron chi connectivity index (χ2n) is 10.1. The molecule has 3 fully saturated rings. The van der Waals surface area contributed by atoms with Gasteiger partial charge in [-0.15, -0.1) is 0 Å². The average Bonchev–Trinajstić information content (AvgIpc) is 2.88. The number of carbonyl (C=O) groups is 1. The summed E-state index contributed by atoms with van der Waals surface area (Å²) in [5.41, 5.74) is 3.77. The molecule has 1 heterocycles. The van der Waals surface area contributed by atoms with E-state index in [1.807, 2.05) is 0 Å². The molecule has 4 nitrogen and oxygen atoms in total. The maximum Gasteiger partial charge on any atom is 0.334 e. The summed E-state index contributed by atoms with van der Waals surface area (Å²) >= 11 is 0. The lowest BCUT2D eigenvalue weighted by Gasteiger charge is -2.57. The van der Waals surface area contributed by atoms with Gasteiger partial charge in [-0.2, -0.15) is 0 Å². The summed E-state index contributed by atoms with van der Waals surface area (Å²) in [5.74, 6) is 1.40. The number of ether oxygens (including phenoxy) is 1. The molecule has 0 saturated heterocycles. The number of esters is 1. The van der Waals surface area contributed by atoms with Crippen molar-refractivity contribution in [1.29, 1.82) is 0 Å². The Hall–Kier alpha value is -1.13. The molecule has 0 amide bonds. The second-order valence-corrected chi connectivity index (χ2v) is 10.1. The molecule has 0 aromatic rings. The SMILES string of the molecule is C[C@]12CC[C@H](O)CC1=CC[C@@H]1[C@@H]2CC[C@]2(C)C3=C(CCO)C(=O)OC(C3)[C@@H]12. The van der Waals surface area contributed by atoms with E-state index in [-0.39, 0.29) is 35.6 Å². The summed E-state index contributed by atoms with van der Waals surface area (Å²) in [6, 6.07) is 0. The van der Waals surface area contributed by atoms with Crippen LogP contribution in [0.25, 0.3) is 0 Å². The van der Waals surface area contributed by atoms with Gasteiger partial charge in [-0.1, -0.05) is 25.5 Å². The summed E-state index contributed by atoms with van der Waals surface area (Å²) in [6.07, 6.45) is 9.74. The van der Waals surface area contributed by atoms with Gasteiger partial charge in [0.25, 0.3) is 0 Å². The van der Waals surface area contributed by atoms with Crippen LogP contribution in [0.3, 0.4) is 0 Å². The average molecular weight is 373 g/mol. The van der Waals surface area contributed by atoms with E-state index in [1.165, 1.54) is 17.6 Å². The highest BCUT2D eigenvalue weighted by atomic mass is 16.5. The zero-order chi connectivity index (χ0) is 19.0. The van der Waals surface area contributed by atoms with Gasteiger partial charge in [-0.3, -0.25) is 0 Å². The fourth-order valence-electron chi connectivity index (χ4n) is 7.77. The van der Waals surface area contributed by atoms with Gasteiger partial charge in [0.05, 0.1) is 6.10 Å². The van der Waals surface area contributed by atoms with Crippen molar-refractivity contribution >= 4 is 5.97 Å². The molecule has 0 aromatic heterocycles. The van der Waals surface area contributed by atoms with Gasteiger partial charge in [-0.05, 0) is 66.8 Å². The minimum atomic E-state index is -0.179. The first-order valence-electron chi connectivity index (χ1n) is 10.8. The van der Waals surface area contributed by atoms with Crippen molar-refractivity contribution in [2.24, 2.45) is 28.6 Å². The van der Waals surface area contributed by atoms with E-state index in [2.05, 4.69) is 19.9 Å². The molecule has 7 atom stereocenters. The highest BCUT2D eigenvalue weighted by Crippen LogP contribution is 2.67. The number of allylic oxidation sites excluding steroid dienone is 1. The Morgan fingerprint density at radius 3 is 2.74 bits per heavy atom. The molecule has 2 bridgehead atoms. The Bertz CT molecular complexity index is 737. The lowest BCUT2D eigenvalue weighted by atomic mass is 9.47. The van der Waals surface area contributed by atoms with Crippen molar-refractivity contribution < 1.29 is 19.7 Å². The zero-order valence-corrected chi connectivity index (χ0v) is 16.5. The molecule has 4 heteroatoms. The fraction of sp³-hybridized carbons (Fsp3) is 0.783. The van der Waals surface area contributed by atoms with Gasteiger partial charge in [0.1, 0.15) is 6.10 Å². The van der Waals surface area contributed by atoms with Crippen LogP contribution in [0.1, 0.15) is 65.2 Å². The Balaban J connectivity index is 1.54. The van der Waals surface area contributed by atoms with Crippen LogP contribution in [0, 0.1) is 28.6 Å². The number of carbonyl (C=O) groups excluding carboxylic acids is 1. The molecule has 5 rings (SSSR count). The van der Waals surface area contributed by atoms with Gasteiger partial charge in [-0.25, -0.2) is 4.79 Å². The van der Waals surface area contributed by atoms with Gasteiger partial charge >= 0.3 is 5.97 Å². The van der Waals surface area contributed by atoms with Crippen molar-refractivity contribution in [3.63, 3.8) is 0 Å². The zero-order valence-electron chi connectivity index (χ0n) is 16.5. The van der Waals surface area contributed by atoms with Crippen LogP contribution in [-0.2, 0) is 9.53 Å². The molecule has 3 saturated carbocycles. The minimum absolute atomic E-state index is 0.0118. The summed E-state index contributed by atoms with van der Waals surface area (Å²) in [7, 11) is 0. The maximum atomic E-state index is 12.6. The number of hydrogen-bond donors (Lipinski definition) is 2. The van der Waals surface area contributed by atoms with Crippen LogP contribution in [0.5, 0.6) is 0 Å². The van der Waals surface area contributed by atoms with Crippen molar-refractivity contribution in [3.8, 4) is 0 Å². The molecule has 1 unspecified atom stereocenters. The molecule has 27 heavy (non-hydrogen) atoms. The predicted molar refractivity (Wildman–Crippen MR) is 102 cm³/mol. The van der Waals surface area contributed by atoms with Crippen LogP contribution in [-0.4, -0.2) is 35.0 Å². The quantitative estimate of drug-likeness (QED) is 0.575. The van der Waals surface area contributed by atoms with E-state index in [1.54, 1.807) is 0 Å². The number of aliphatic hydroxyl groups excluding tert-OH is 2. The number of hydrogen-bond acceptors (Lipinski definition) is 4. The first kappa shape index (κ1) is 17.9. The normalized spacial score (nSPS) is 48.4. The molecule has 0 aromatic carbocycles. The van der Waals surface area contributed by atoms with E-state index >= 15 is 0 Å². The first-order chi connectivity index (χ1) is 12.9. The largest absolute Gasteiger partial charge is 0.458 e. The van der Waals surface area contributed by atoms with Gasteiger partial charge < -0.3 is 14.9 Å². The second kappa shape index (κ2) is 5.93. The Kier molecular flexibility index (Phi) is 3.94. The van der Waals surface area contributed by atoms with E-state index in [9.17, 15) is 15.0 Å². The summed E-state index contributed by atoms with van der Waals surface area (Å²) in [5, 5.41) is 19.6. The third-order valence-electron chi connectivity index (χ3n) is 9.06. The van der Waals surface area contributed by atoms with Crippen LogP contribution in [0.4, 0.5) is 0 Å². The van der Waals surface area contributed by atoms with Gasteiger partial charge in [0, 0.05) is 30.9 Å². The molecular weight excluding hydrogens is 340 g/mol. The molecule has 1 aliphatic heterocycles. The van der Waals surface area contributed by atoms with Crippen molar-refractivity contribution in [3.05, 3.63) is 22.8 Å². The Morgan fingerprint density at radius 2 is 1.96 bits per heavy atom. The lowest BCUT2D eigenvalue weighted by molar-refractivity contribution is -0.151. The summed E-state index contributed by atoms with van der Waals surface area (Å²) < 4.78 is 5.94. The number of rotatable bonds is 2. The first-order valence-corrected chi connectivity index (χ1v) is 10.8. The minimum Gasteiger partial charge on any atom is -0.458 e. The van der Waals surface area contributed by atoms with Crippen LogP contribution in [0.15, 0.2) is 22.8 Å². The molecular formula is C23H32O4. The molecule has 0 radical (unpaired) electrons. The van der Waals surface area contributed by atoms with Crippen LogP contribution < -0.4 is 0 Å². The van der Waals surface area contributed by atoms with Gasteiger partial charge in [0.15, 0.2) is 0 Å². The van der Waals surface area contributed by atoms with E-state index in [4.69, 9.17) is 4.74 Å². The number of aliphatic hydroxyl groups is 2. The summed E-state index contributed by atoms with van der Waals surface area (Å²) in [4.78, 5) is 12.6. The number of fused-ring (bicyclic) bond motifs is 9. The standard InChI is InChI=1S/C23H32O4/c1-22-8-5-14(25)11-13(22)3-4-15-17(22)6-9-23(2)18-12-19(20(15)23)27-21(26)16(18)7-10-24/h3,14-15,17,19-20,24-25H,4-12H2,1-2H3/t14-,15+,17-,19?,20+,22-,23+/m0/s1.